The Morgan fingerprint density at radius 1 is 1.36 bits per heavy atom. The van der Waals surface area contributed by atoms with Crippen LogP contribution in [0.1, 0.15) is 18.9 Å². The molecule has 7 heteroatoms. The first kappa shape index (κ1) is 16.4. The number of hydrogen-bond donors (Lipinski definition) is 0. The minimum absolute atomic E-state index is 0.0578. The summed E-state index contributed by atoms with van der Waals surface area (Å²) in [6, 6.07) is 8.32. The fourth-order valence-corrected chi connectivity index (χ4v) is 2.60. The summed E-state index contributed by atoms with van der Waals surface area (Å²) in [6.07, 6.45) is -0.716. The Hall–Kier alpha value is -2.02. The van der Waals surface area contributed by atoms with Crippen LogP contribution in [-0.2, 0) is 25.7 Å². The third-order valence-corrected chi connectivity index (χ3v) is 3.88. The average molecular weight is 323 g/mol. The van der Waals surface area contributed by atoms with Gasteiger partial charge in [-0.2, -0.15) is 0 Å². The second-order valence-corrected chi connectivity index (χ2v) is 5.95. The van der Waals surface area contributed by atoms with Crippen LogP contribution in [0.2, 0.25) is 0 Å². The molecule has 1 aliphatic rings. The second-order valence-electron chi connectivity index (χ2n) is 4.63. The zero-order chi connectivity index (χ0) is 15.9. The van der Waals surface area contributed by atoms with E-state index in [1.165, 1.54) is 0 Å². The van der Waals surface area contributed by atoms with E-state index >= 15 is 0 Å². The SMILES string of the molecule is CCSC(=O)CC1C(=O)OCN1C(=O)OCc1ccccc1. The number of carbonyl (C=O) groups is 3. The summed E-state index contributed by atoms with van der Waals surface area (Å²) in [4.78, 5) is 36.6. The molecule has 1 aromatic carbocycles. The molecular weight excluding hydrogens is 306 g/mol. The first-order valence-electron chi connectivity index (χ1n) is 6.91. The first-order chi connectivity index (χ1) is 10.6. The molecule has 1 heterocycles. The predicted octanol–water partition coefficient (Wildman–Crippen LogP) is 2.18. The van der Waals surface area contributed by atoms with Crippen LogP contribution in [0.5, 0.6) is 0 Å². The Balaban J connectivity index is 1.92. The van der Waals surface area contributed by atoms with Crippen molar-refractivity contribution in [2.75, 3.05) is 12.5 Å². The molecule has 0 aromatic heterocycles. The normalized spacial score (nSPS) is 17.2. The van der Waals surface area contributed by atoms with Crippen LogP contribution >= 0.6 is 11.8 Å². The maximum Gasteiger partial charge on any atom is 0.413 e. The number of carbonyl (C=O) groups excluding carboxylic acids is 3. The van der Waals surface area contributed by atoms with Gasteiger partial charge in [-0.3, -0.25) is 9.69 Å². The number of amides is 1. The summed E-state index contributed by atoms with van der Waals surface area (Å²) in [7, 11) is 0. The largest absolute Gasteiger partial charge is 0.444 e. The molecule has 1 atom stereocenters. The molecular formula is C15H17NO5S. The molecule has 1 aromatic rings. The molecule has 0 aliphatic carbocycles. The average Bonchev–Trinajstić information content (AvgIpc) is 2.87. The molecule has 1 aliphatic heterocycles. The van der Waals surface area contributed by atoms with Crippen molar-refractivity contribution in [3.63, 3.8) is 0 Å². The Bertz CT molecular complexity index is 548. The van der Waals surface area contributed by atoms with Gasteiger partial charge in [0.15, 0.2) is 11.8 Å². The molecule has 0 spiro atoms. The van der Waals surface area contributed by atoms with Crippen molar-refractivity contribution >= 4 is 28.9 Å². The molecule has 1 amide bonds. The van der Waals surface area contributed by atoms with Crippen LogP contribution < -0.4 is 0 Å². The topological polar surface area (TPSA) is 72.9 Å². The maximum absolute atomic E-state index is 12.1. The van der Waals surface area contributed by atoms with E-state index in [1.54, 1.807) is 0 Å². The summed E-state index contributed by atoms with van der Waals surface area (Å²) in [5.74, 6) is 0.0562. The lowest BCUT2D eigenvalue weighted by Crippen LogP contribution is -2.39. The van der Waals surface area contributed by atoms with Gasteiger partial charge in [-0.1, -0.05) is 49.0 Å². The zero-order valence-corrected chi connectivity index (χ0v) is 13.0. The summed E-state index contributed by atoms with van der Waals surface area (Å²) in [5, 5.41) is -0.146. The molecule has 0 radical (unpaired) electrons. The highest BCUT2D eigenvalue weighted by Gasteiger charge is 2.40. The van der Waals surface area contributed by atoms with Crippen molar-refractivity contribution in [1.29, 1.82) is 0 Å². The molecule has 0 bridgehead atoms. The van der Waals surface area contributed by atoms with E-state index < -0.39 is 18.1 Å². The minimum Gasteiger partial charge on any atom is -0.444 e. The van der Waals surface area contributed by atoms with Gasteiger partial charge in [0.25, 0.3) is 0 Å². The summed E-state index contributed by atoms with van der Waals surface area (Å²) in [5.41, 5.74) is 0.844. The Morgan fingerprint density at radius 3 is 2.77 bits per heavy atom. The molecule has 118 valence electrons. The number of rotatable bonds is 5. The van der Waals surface area contributed by atoms with Gasteiger partial charge in [0, 0.05) is 6.42 Å². The number of hydrogen-bond acceptors (Lipinski definition) is 6. The third-order valence-electron chi connectivity index (χ3n) is 3.10. The summed E-state index contributed by atoms with van der Waals surface area (Å²) < 4.78 is 10.0. The maximum atomic E-state index is 12.1. The smallest absolute Gasteiger partial charge is 0.413 e. The number of ether oxygens (including phenoxy) is 2. The highest BCUT2D eigenvalue weighted by Crippen LogP contribution is 2.19. The van der Waals surface area contributed by atoms with Crippen molar-refractivity contribution in [1.82, 2.24) is 4.90 Å². The Kier molecular flexibility index (Phi) is 5.83. The molecule has 1 saturated heterocycles. The monoisotopic (exact) mass is 323 g/mol. The number of thioether (sulfide) groups is 1. The molecule has 6 nitrogen and oxygen atoms in total. The van der Waals surface area contributed by atoms with Crippen LogP contribution in [0.4, 0.5) is 4.79 Å². The van der Waals surface area contributed by atoms with Crippen LogP contribution in [0, 0.1) is 0 Å². The molecule has 0 N–H and O–H groups in total. The summed E-state index contributed by atoms with van der Waals surface area (Å²) >= 11 is 1.12. The van der Waals surface area contributed by atoms with Crippen molar-refractivity contribution in [2.45, 2.75) is 26.0 Å². The Labute approximate surface area is 132 Å². The van der Waals surface area contributed by atoms with Gasteiger partial charge >= 0.3 is 12.1 Å². The third kappa shape index (κ3) is 4.24. The Morgan fingerprint density at radius 2 is 2.09 bits per heavy atom. The number of cyclic esters (lactones) is 1. The molecule has 1 unspecified atom stereocenters. The van der Waals surface area contributed by atoms with Gasteiger partial charge < -0.3 is 9.47 Å². The quantitative estimate of drug-likeness (QED) is 0.773. The number of benzene rings is 1. The van der Waals surface area contributed by atoms with Crippen LogP contribution in [0.3, 0.4) is 0 Å². The van der Waals surface area contributed by atoms with Gasteiger partial charge in [-0.05, 0) is 11.3 Å². The molecule has 0 saturated carbocycles. The van der Waals surface area contributed by atoms with Gasteiger partial charge in [0.1, 0.15) is 12.6 Å². The predicted molar refractivity (Wildman–Crippen MR) is 81.0 cm³/mol. The van der Waals surface area contributed by atoms with Crippen LogP contribution in [0.25, 0.3) is 0 Å². The number of nitrogens with zero attached hydrogens (tertiary/aromatic N) is 1. The molecule has 1 fully saturated rings. The van der Waals surface area contributed by atoms with Crippen molar-refractivity contribution in [3.05, 3.63) is 35.9 Å². The second kappa shape index (κ2) is 7.84. The highest BCUT2D eigenvalue weighted by atomic mass is 32.2. The standard InChI is InChI=1S/C15H17NO5S/c1-2-22-13(17)8-12-14(18)21-10-16(12)15(19)20-9-11-6-4-3-5-7-11/h3-7,12H,2,8-10H2,1H3. The van der Waals surface area contributed by atoms with E-state index in [9.17, 15) is 14.4 Å². The summed E-state index contributed by atoms with van der Waals surface area (Å²) in [6.45, 7) is 1.78. The molecule has 2 rings (SSSR count). The lowest BCUT2D eigenvalue weighted by molar-refractivity contribution is -0.139. The van der Waals surface area contributed by atoms with Gasteiger partial charge in [-0.25, -0.2) is 9.59 Å². The van der Waals surface area contributed by atoms with Crippen molar-refractivity contribution < 1.29 is 23.9 Å². The van der Waals surface area contributed by atoms with Gasteiger partial charge in [-0.15, -0.1) is 0 Å². The van der Waals surface area contributed by atoms with E-state index in [0.29, 0.717) is 5.75 Å². The lowest BCUT2D eigenvalue weighted by Gasteiger charge is -2.19. The fraction of sp³-hybridized carbons (Fsp3) is 0.400. The zero-order valence-electron chi connectivity index (χ0n) is 12.2. The van der Waals surface area contributed by atoms with E-state index in [1.807, 2.05) is 37.3 Å². The van der Waals surface area contributed by atoms with Crippen LogP contribution in [-0.4, -0.2) is 40.6 Å². The minimum atomic E-state index is -0.894. The van der Waals surface area contributed by atoms with Crippen molar-refractivity contribution in [2.24, 2.45) is 0 Å². The number of esters is 1. The van der Waals surface area contributed by atoms with E-state index in [0.717, 1.165) is 22.2 Å². The first-order valence-corrected chi connectivity index (χ1v) is 7.90. The van der Waals surface area contributed by atoms with E-state index in [4.69, 9.17) is 9.47 Å². The van der Waals surface area contributed by atoms with Crippen LogP contribution in [0.15, 0.2) is 30.3 Å². The highest BCUT2D eigenvalue weighted by molar-refractivity contribution is 8.13. The van der Waals surface area contributed by atoms with E-state index in [2.05, 4.69) is 0 Å². The van der Waals surface area contributed by atoms with Crippen molar-refractivity contribution in [3.8, 4) is 0 Å². The lowest BCUT2D eigenvalue weighted by atomic mass is 10.2. The fourth-order valence-electron chi connectivity index (χ4n) is 2.00. The molecule has 22 heavy (non-hydrogen) atoms. The van der Waals surface area contributed by atoms with Gasteiger partial charge in [0.2, 0.25) is 0 Å². The van der Waals surface area contributed by atoms with E-state index in [-0.39, 0.29) is 24.9 Å². The van der Waals surface area contributed by atoms with Gasteiger partial charge in [0.05, 0.1) is 0 Å².